The number of carbonyl (C=O) groups excluding carboxylic acids is 1. The van der Waals surface area contributed by atoms with Gasteiger partial charge in [-0.1, -0.05) is 0 Å². The molecule has 0 aliphatic carbocycles. The van der Waals surface area contributed by atoms with E-state index in [1.54, 1.807) is 19.1 Å². The number of urea groups is 1. The fraction of sp³-hybridized carbons (Fsp3) is 0.389. The Morgan fingerprint density at radius 3 is 3.00 bits per heavy atom. The van der Waals surface area contributed by atoms with Gasteiger partial charge in [0.15, 0.2) is 0 Å². The van der Waals surface area contributed by atoms with E-state index in [-0.39, 0.29) is 12.6 Å². The van der Waals surface area contributed by atoms with Crippen molar-refractivity contribution in [1.82, 2.24) is 5.32 Å². The number of benzene rings is 1. The molecule has 0 spiro atoms. The summed E-state index contributed by atoms with van der Waals surface area (Å²) in [5.74, 6) is 0.416. The summed E-state index contributed by atoms with van der Waals surface area (Å²) in [4.78, 5) is 14.3. The maximum Gasteiger partial charge on any atom is 0.319 e. The highest BCUT2D eigenvalue weighted by Gasteiger charge is 2.26. The van der Waals surface area contributed by atoms with E-state index in [1.807, 2.05) is 18.2 Å². The number of nitrogens with zero attached hydrogens (tertiary/aromatic N) is 1. The number of fused-ring (bicyclic) bond motifs is 1. The van der Waals surface area contributed by atoms with E-state index in [4.69, 9.17) is 4.42 Å². The molecule has 6 heteroatoms. The van der Waals surface area contributed by atoms with Gasteiger partial charge in [-0.25, -0.2) is 4.79 Å². The zero-order valence-electron chi connectivity index (χ0n) is 14.0. The number of aliphatic hydroxyl groups is 1. The molecule has 1 aromatic heterocycles. The van der Waals surface area contributed by atoms with Crippen LogP contribution in [0.25, 0.3) is 0 Å². The van der Waals surface area contributed by atoms with Gasteiger partial charge >= 0.3 is 6.03 Å². The maximum atomic E-state index is 12.1. The lowest BCUT2D eigenvalue weighted by Crippen LogP contribution is -2.40. The summed E-state index contributed by atoms with van der Waals surface area (Å²) in [5.41, 5.74) is 1.95. The number of hydrogen-bond donors (Lipinski definition) is 3. The SMILES string of the molecule is CN1CCCc2cc(NC(=O)NCC(C)(O)c3ccco3)ccc21. The number of rotatable bonds is 4. The predicted molar refractivity (Wildman–Crippen MR) is 93.3 cm³/mol. The van der Waals surface area contributed by atoms with E-state index in [2.05, 4.69) is 22.6 Å². The molecule has 3 rings (SSSR count). The van der Waals surface area contributed by atoms with Gasteiger partial charge in [0, 0.05) is 25.0 Å². The van der Waals surface area contributed by atoms with Crippen LogP contribution in [0.3, 0.4) is 0 Å². The molecule has 6 nitrogen and oxygen atoms in total. The first-order valence-corrected chi connectivity index (χ1v) is 8.11. The molecule has 1 aliphatic heterocycles. The summed E-state index contributed by atoms with van der Waals surface area (Å²) < 4.78 is 5.19. The Labute approximate surface area is 141 Å². The lowest BCUT2D eigenvalue weighted by molar-refractivity contribution is 0.0372. The smallest absolute Gasteiger partial charge is 0.319 e. The molecule has 0 radical (unpaired) electrons. The first-order chi connectivity index (χ1) is 11.5. The summed E-state index contributed by atoms with van der Waals surface area (Å²) >= 11 is 0. The van der Waals surface area contributed by atoms with E-state index in [0.29, 0.717) is 5.76 Å². The summed E-state index contributed by atoms with van der Waals surface area (Å²) in [6.07, 6.45) is 3.63. The van der Waals surface area contributed by atoms with Gasteiger partial charge in [-0.2, -0.15) is 0 Å². The predicted octanol–water partition coefficient (Wildman–Crippen LogP) is 2.69. The number of furan rings is 1. The van der Waals surface area contributed by atoms with Gasteiger partial charge in [0.2, 0.25) is 0 Å². The molecule has 128 valence electrons. The van der Waals surface area contributed by atoms with Crippen molar-refractivity contribution in [3.05, 3.63) is 47.9 Å². The highest BCUT2D eigenvalue weighted by molar-refractivity contribution is 5.89. The van der Waals surface area contributed by atoms with E-state index in [0.717, 1.165) is 25.1 Å². The highest BCUT2D eigenvalue weighted by Crippen LogP contribution is 2.28. The minimum atomic E-state index is -1.25. The van der Waals surface area contributed by atoms with Crippen molar-refractivity contribution in [1.29, 1.82) is 0 Å². The van der Waals surface area contributed by atoms with Crippen LogP contribution in [0.4, 0.5) is 16.2 Å². The number of amides is 2. The summed E-state index contributed by atoms with van der Waals surface area (Å²) in [5, 5.41) is 15.8. The first-order valence-electron chi connectivity index (χ1n) is 8.11. The fourth-order valence-corrected chi connectivity index (χ4v) is 2.96. The van der Waals surface area contributed by atoms with Gasteiger partial charge in [0.25, 0.3) is 0 Å². The van der Waals surface area contributed by atoms with Crippen molar-refractivity contribution in [3.63, 3.8) is 0 Å². The van der Waals surface area contributed by atoms with Crippen LogP contribution in [0.5, 0.6) is 0 Å². The van der Waals surface area contributed by atoms with Crippen LogP contribution in [-0.4, -0.2) is 31.3 Å². The van der Waals surface area contributed by atoms with Gasteiger partial charge < -0.3 is 25.1 Å². The Kier molecular flexibility index (Phi) is 4.49. The molecule has 2 amide bonds. The molecule has 24 heavy (non-hydrogen) atoms. The lowest BCUT2D eigenvalue weighted by Gasteiger charge is -2.28. The molecule has 1 aromatic carbocycles. The van der Waals surface area contributed by atoms with E-state index in [1.165, 1.54) is 17.5 Å². The minimum Gasteiger partial charge on any atom is -0.466 e. The van der Waals surface area contributed by atoms with Crippen LogP contribution >= 0.6 is 0 Å². The molecule has 0 saturated heterocycles. The molecule has 3 N–H and O–H groups in total. The van der Waals surface area contributed by atoms with Crippen molar-refractivity contribution in [2.24, 2.45) is 0 Å². The number of carbonyl (C=O) groups is 1. The van der Waals surface area contributed by atoms with Crippen LogP contribution in [0.2, 0.25) is 0 Å². The van der Waals surface area contributed by atoms with E-state index < -0.39 is 5.60 Å². The second-order valence-corrected chi connectivity index (χ2v) is 6.43. The molecule has 1 atom stereocenters. The monoisotopic (exact) mass is 329 g/mol. The van der Waals surface area contributed by atoms with Crippen molar-refractivity contribution >= 4 is 17.4 Å². The van der Waals surface area contributed by atoms with Gasteiger partial charge in [0.1, 0.15) is 11.4 Å². The van der Waals surface area contributed by atoms with Crippen LogP contribution < -0.4 is 15.5 Å². The lowest BCUT2D eigenvalue weighted by atomic mass is 10.0. The third kappa shape index (κ3) is 3.54. The van der Waals surface area contributed by atoms with Crippen molar-refractivity contribution in [2.75, 3.05) is 30.4 Å². The first kappa shape index (κ1) is 16.4. The number of hydrogen-bond acceptors (Lipinski definition) is 4. The number of anilines is 2. The zero-order valence-corrected chi connectivity index (χ0v) is 14.0. The van der Waals surface area contributed by atoms with Crippen molar-refractivity contribution in [2.45, 2.75) is 25.4 Å². The third-order valence-electron chi connectivity index (χ3n) is 4.33. The van der Waals surface area contributed by atoms with Gasteiger partial charge in [0.05, 0.1) is 12.8 Å². The standard InChI is InChI=1S/C18H23N3O3/c1-18(23,16-6-4-10-24-16)12-19-17(22)20-14-7-8-15-13(11-14)5-3-9-21(15)2/h4,6-8,10-11,23H,3,5,9,12H2,1-2H3,(H2,19,20,22). The van der Waals surface area contributed by atoms with E-state index in [9.17, 15) is 9.90 Å². The second kappa shape index (κ2) is 6.57. The second-order valence-electron chi connectivity index (χ2n) is 6.43. The average Bonchev–Trinajstić information content (AvgIpc) is 3.09. The molecule has 2 aromatic rings. The Balaban J connectivity index is 1.59. The number of aryl methyl sites for hydroxylation is 1. The highest BCUT2D eigenvalue weighted by atomic mass is 16.4. The van der Waals surface area contributed by atoms with Crippen LogP contribution in [-0.2, 0) is 12.0 Å². The molecule has 0 fully saturated rings. The molecule has 0 saturated carbocycles. The summed E-state index contributed by atoms with van der Waals surface area (Å²) in [6, 6.07) is 8.96. The molecular formula is C18H23N3O3. The Morgan fingerprint density at radius 2 is 2.25 bits per heavy atom. The Morgan fingerprint density at radius 1 is 1.42 bits per heavy atom. The molecule has 1 aliphatic rings. The quantitative estimate of drug-likeness (QED) is 0.806. The third-order valence-corrected chi connectivity index (χ3v) is 4.33. The van der Waals surface area contributed by atoms with Gasteiger partial charge in [-0.3, -0.25) is 0 Å². The number of nitrogens with one attached hydrogen (secondary N) is 2. The topological polar surface area (TPSA) is 77.7 Å². The largest absolute Gasteiger partial charge is 0.466 e. The Hall–Kier alpha value is -2.47. The Bertz CT molecular complexity index is 710. The van der Waals surface area contributed by atoms with Crippen LogP contribution in [0, 0.1) is 0 Å². The average molecular weight is 329 g/mol. The minimum absolute atomic E-state index is 0.0556. The summed E-state index contributed by atoms with van der Waals surface area (Å²) in [6.45, 7) is 2.71. The zero-order chi connectivity index (χ0) is 17.2. The van der Waals surface area contributed by atoms with Crippen LogP contribution in [0.15, 0.2) is 41.0 Å². The van der Waals surface area contributed by atoms with Gasteiger partial charge in [-0.15, -0.1) is 0 Å². The molecule has 1 unspecified atom stereocenters. The van der Waals surface area contributed by atoms with Crippen LogP contribution in [0.1, 0.15) is 24.7 Å². The molecular weight excluding hydrogens is 306 g/mol. The van der Waals surface area contributed by atoms with Crippen molar-refractivity contribution in [3.8, 4) is 0 Å². The molecule has 2 heterocycles. The normalized spacial score (nSPS) is 16.2. The van der Waals surface area contributed by atoms with Crippen molar-refractivity contribution < 1.29 is 14.3 Å². The van der Waals surface area contributed by atoms with E-state index >= 15 is 0 Å². The summed E-state index contributed by atoms with van der Waals surface area (Å²) in [7, 11) is 2.08. The maximum absolute atomic E-state index is 12.1. The fourth-order valence-electron chi connectivity index (χ4n) is 2.96. The van der Waals surface area contributed by atoms with Gasteiger partial charge in [-0.05, 0) is 55.7 Å². The molecule has 0 bridgehead atoms.